The fourth-order valence-electron chi connectivity index (χ4n) is 3.09. The zero-order chi connectivity index (χ0) is 22.2. The second-order valence-corrected chi connectivity index (χ2v) is 9.24. The van der Waals surface area contributed by atoms with Gasteiger partial charge in [0.25, 0.3) is 21.8 Å². The van der Waals surface area contributed by atoms with Crippen LogP contribution in [0.2, 0.25) is 0 Å². The minimum atomic E-state index is -3.82. The first-order chi connectivity index (χ1) is 14.8. The van der Waals surface area contributed by atoms with Crippen molar-refractivity contribution in [1.82, 2.24) is 9.88 Å². The third kappa shape index (κ3) is 3.92. The summed E-state index contributed by atoms with van der Waals surface area (Å²) in [6.45, 7) is 1.45. The van der Waals surface area contributed by atoms with E-state index in [9.17, 15) is 22.8 Å². The van der Waals surface area contributed by atoms with Gasteiger partial charge in [-0.15, -0.1) is 11.3 Å². The van der Waals surface area contributed by atoms with Gasteiger partial charge in [-0.2, -0.15) is 0 Å². The first-order valence-corrected chi connectivity index (χ1v) is 11.4. The van der Waals surface area contributed by atoms with E-state index >= 15 is 0 Å². The fraction of sp³-hybridized carbons (Fsp3) is 0.100. The van der Waals surface area contributed by atoms with Crippen LogP contribution in [0.1, 0.15) is 27.6 Å². The number of hydrogen-bond donors (Lipinski definition) is 2. The lowest BCUT2D eigenvalue weighted by Gasteiger charge is -2.21. The Morgan fingerprint density at radius 2 is 1.65 bits per heavy atom. The predicted molar refractivity (Wildman–Crippen MR) is 114 cm³/mol. The van der Waals surface area contributed by atoms with E-state index in [1.807, 2.05) is 0 Å². The molecule has 0 spiro atoms. The maximum absolute atomic E-state index is 12.6. The van der Waals surface area contributed by atoms with Gasteiger partial charge < -0.3 is 5.32 Å². The quantitative estimate of drug-likeness (QED) is 0.549. The van der Waals surface area contributed by atoms with E-state index < -0.39 is 33.8 Å². The van der Waals surface area contributed by atoms with Crippen LogP contribution in [-0.2, 0) is 14.8 Å². The van der Waals surface area contributed by atoms with Crippen LogP contribution >= 0.6 is 11.3 Å². The minimum Gasteiger partial charge on any atom is -0.324 e. The number of carbonyl (C=O) groups excluding carboxylic acids is 3. The highest BCUT2D eigenvalue weighted by Crippen LogP contribution is 2.25. The van der Waals surface area contributed by atoms with Gasteiger partial charge in [-0.05, 0) is 43.3 Å². The number of rotatable bonds is 6. The van der Waals surface area contributed by atoms with Crippen molar-refractivity contribution in [2.75, 3.05) is 10.0 Å². The molecule has 31 heavy (non-hydrogen) atoms. The molecule has 0 fully saturated rings. The van der Waals surface area contributed by atoms with E-state index in [1.165, 1.54) is 37.4 Å². The van der Waals surface area contributed by atoms with Gasteiger partial charge in [0.2, 0.25) is 5.91 Å². The van der Waals surface area contributed by atoms with Gasteiger partial charge in [0.1, 0.15) is 6.04 Å². The van der Waals surface area contributed by atoms with Gasteiger partial charge in [-0.25, -0.2) is 13.4 Å². The standard InChI is InChI=1S/C20H16N4O5S2/c1-12(24-18(26)15-4-2-3-5-16(15)19(24)27)17(25)22-13-6-8-14(9-7-13)31(28,29)23-20-21-10-11-30-20/h2-12H,1H3,(H,21,23)(H,22,25)/t12-/m1/s1. The number of nitrogens with one attached hydrogen (secondary N) is 2. The molecule has 0 aliphatic carbocycles. The number of fused-ring (bicyclic) bond motifs is 1. The van der Waals surface area contributed by atoms with Crippen LogP contribution < -0.4 is 10.0 Å². The van der Waals surface area contributed by atoms with Crippen LogP contribution in [0.3, 0.4) is 0 Å². The van der Waals surface area contributed by atoms with Crippen molar-refractivity contribution in [3.05, 3.63) is 71.2 Å². The number of carbonyl (C=O) groups is 3. The van der Waals surface area contributed by atoms with Gasteiger partial charge in [0.15, 0.2) is 5.13 Å². The molecule has 1 aromatic heterocycles. The van der Waals surface area contributed by atoms with Crippen LogP contribution in [0.5, 0.6) is 0 Å². The molecule has 2 heterocycles. The van der Waals surface area contributed by atoms with Gasteiger partial charge in [-0.3, -0.25) is 24.0 Å². The zero-order valence-corrected chi connectivity index (χ0v) is 17.7. The predicted octanol–water partition coefficient (Wildman–Crippen LogP) is 2.57. The number of nitrogens with zero attached hydrogens (tertiary/aromatic N) is 2. The zero-order valence-electron chi connectivity index (χ0n) is 16.1. The smallest absolute Gasteiger partial charge is 0.263 e. The minimum absolute atomic E-state index is 0.00547. The molecular formula is C20H16N4O5S2. The van der Waals surface area contributed by atoms with Gasteiger partial charge in [0, 0.05) is 17.3 Å². The molecule has 0 unspecified atom stereocenters. The molecule has 0 bridgehead atoms. The largest absolute Gasteiger partial charge is 0.324 e. The molecule has 1 atom stereocenters. The number of amides is 3. The molecule has 11 heteroatoms. The molecule has 2 aromatic carbocycles. The first kappa shape index (κ1) is 20.7. The Labute approximate surface area is 181 Å². The SMILES string of the molecule is C[C@H](C(=O)Nc1ccc(S(=O)(=O)Nc2nccs2)cc1)N1C(=O)c2ccccc2C1=O. The summed E-state index contributed by atoms with van der Waals surface area (Å²) in [5.74, 6) is -1.64. The summed E-state index contributed by atoms with van der Waals surface area (Å²) in [7, 11) is -3.82. The molecule has 3 amide bonds. The third-order valence-electron chi connectivity index (χ3n) is 4.68. The summed E-state index contributed by atoms with van der Waals surface area (Å²) < 4.78 is 27.1. The monoisotopic (exact) mass is 456 g/mol. The molecule has 2 N–H and O–H groups in total. The maximum atomic E-state index is 12.6. The number of imide groups is 1. The van der Waals surface area contributed by atoms with Crippen molar-refractivity contribution in [3.8, 4) is 0 Å². The number of aromatic nitrogens is 1. The van der Waals surface area contributed by atoms with Crippen LogP contribution in [0.15, 0.2) is 65.0 Å². The van der Waals surface area contributed by atoms with E-state index in [0.717, 1.165) is 16.2 Å². The second kappa shape index (κ2) is 7.93. The van der Waals surface area contributed by atoms with E-state index in [1.54, 1.807) is 29.6 Å². The lowest BCUT2D eigenvalue weighted by molar-refractivity contribution is -0.119. The van der Waals surface area contributed by atoms with Gasteiger partial charge in [0.05, 0.1) is 16.0 Å². The molecule has 0 saturated carbocycles. The van der Waals surface area contributed by atoms with Crippen molar-refractivity contribution >= 4 is 49.9 Å². The molecule has 4 rings (SSSR count). The first-order valence-electron chi connectivity index (χ1n) is 9.08. The summed E-state index contributed by atoms with van der Waals surface area (Å²) in [5.41, 5.74) is 0.838. The molecule has 1 aliphatic rings. The number of anilines is 2. The van der Waals surface area contributed by atoms with Crippen molar-refractivity contribution in [1.29, 1.82) is 0 Å². The highest BCUT2D eigenvalue weighted by atomic mass is 32.2. The van der Waals surface area contributed by atoms with E-state index in [0.29, 0.717) is 5.69 Å². The summed E-state index contributed by atoms with van der Waals surface area (Å²) in [4.78, 5) is 42.5. The molecule has 158 valence electrons. The summed E-state index contributed by atoms with van der Waals surface area (Å²) in [6, 6.07) is 10.8. The molecule has 0 saturated heterocycles. The van der Waals surface area contributed by atoms with Crippen LogP contribution in [0.4, 0.5) is 10.8 Å². The highest BCUT2D eigenvalue weighted by Gasteiger charge is 2.40. The van der Waals surface area contributed by atoms with E-state index in [2.05, 4.69) is 15.0 Å². The molecule has 3 aromatic rings. The Morgan fingerprint density at radius 1 is 1.03 bits per heavy atom. The summed E-state index contributed by atoms with van der Waals surface area (Å²) >= 11 is 1.15. The molecule has 0 radical (unpaired) electrons. The Kier molecular flexibility index (Phi) is 5.29. The van der Waals surface area contributed by atoms with Crippen LogP contribution in [0.25, 0.3) is 0 Å². The van der Waals surface area contributed by atoms with Crippen molar-refractivity contribution < 1.29 is 22.8 Å². The molecule has 9 nitrogen and oxygen atoms in total. The van der Waals surface area contributed by atoms with E-state index in [4.69, 9.17) is 0 Å². The number of hydrogen-bond acceptors (Lipinski definition) is 7. The van der Waals surface area contributed by atoms with Gasteiger partial charge >= 0.3 is 0 Å². The normalized spacial score (nSPS) is 14.3. The average Bonchev–Trinajstić information content (AvgIpc) is 3.34. The fourth-order valence-corrected chi connectivity index (χ4v) is 4.88. The van der Waals surface area contributed by atoms with Crippen molar-refractivity contribution in [3.63, 3.8) is 0 Å². The third-order valence-corrected chi connectivity index (χ3v) is 6.85. The number of thiazole rings is 1. The average molecular weight is 457 g/mol. The van der Waals surface area contributed by atoms with Crippen molar-refractivity contribution in [2.24, 2.45) is 0 Å². The van der Waals surface area contributed by atoms with Crippen molar-refractivity contribution in [2.45, 2.75) is 17.9 Å². The highest BCUT2D eigenvalue weighted by molar-refractivity contribution is 7.93. The Hall–Kier alpha value is -3.57. The van der Waals surface area contributed by atoms with Crippen LogP contribution in [0, 0.1) is 0 Å². The Balaban J connectivity index is 1.45. The molecular weight excluding hydrogens is 440 g/mol. The van der Waals surface area contributed by atoms with Gasteiger partial charge in [-0.1, -0.05) is 12.1 Å². The maximum Gasteiger partial charge on any atom is 0.263 e. The number of sulfonamides is 1. The lowest BCUT2D eigenvalue weighted by atomic mass is 10.1. The van der Waals surface area contributed by atoms with E-state index in [-0.39, 0.29) is 21.2 Å². The summed E-state index contributed by atoms with van der Waals surface area (Å²) in [6.07, 6.45) is 1.48. The van der Waals surface area contributed by atoms with Crippen LogP contribution in [-0.4, -0.2) is 42.1 Å². The summed E-state index contributed by atoms with van der Waals surface area (Å²) in [5, 5.41) is 4.49. The second-order valence-electron chi connectivity index (χ2n) is 6.66. The topological polar surface area (TPSA) is 126 Å². The Morgan fingerprint density at radius 3 is 2.19 bits per heavy atom. The Bertz CT molecular complexity index is 1240. The lowest BCUT2D eigenvalue weighted by Crippen LogP contribution is -2.45. The molecule has 1 aliphatic heterocycles. The number of benzene rings is 2.